The molecule has 1 aromatic carbocycles. The molecule has 0 aliphatic carbocycles. The van der Waals surface area contributed by atoms with Gasteiger partial charge in [-0.2, -0.15) is 0 Å². The number of ether oxygens (including phenoxy) is 2. The van der Waals surface area contributed by atoms with Crippen molar-refractivity contribution in [3.05, 3.63) is 40.2 Å². The van der Waals surface area contributed by atoms with Gasteiger partial charge in [0.15, 0.2) is 0 Å². The molecule has 4 unspecified atom stereocenters. The van der Waals surface area contributed by atoms with Gasteiger partial charge in [0.25, 0.3) is 0 Å². The molecule has 1 saturated heterocycles. The molecule has 14 heteroatoms. The molecular weight excluding hydrogens is 486 g/mol. The van der Waals surface area contributed by atoms with Crippen molar-refractivity contribution in [2.75, 3.05) is 6.61 Å². The second-order valence-electron chi connectivity index (χ2n) is 8.30. The molecule has 1 fully saturated rings. The van der Waals surface area contributed by atoms with Crippen molar-refractivity contribution in [1.82, 2.24) is 5.32 Å². The molecule has 0 saturated carbocycles. The van der Waals surface area contributed by atoms with Gasteiger partial charge >= 0.3 is 23.4 Å². The summed E-state index contributed by atoms with van der Waals surface area (Å²) in [5, 5.41) is 61.8. The summed E-state index contributed by atoms with van der Waals surface area (Å²) in [5.41, 5.74) is -0.819. The number of amides is 1. The van der Waals surface area contributed by atoms with Gasteiger partial charge in [-0.1, -0.05) is 0 Å². The Labute approximate surface area is 202 Å². The minimum Gasteiger partial charge on any atom is -0.481 e. The number of aliphatic hydroxyl groups is 4. The van der Waals surface area contributed by atoms with Gasteiger partial charge in [0.1, 0.15) is 29.6 Å². The first-order valence-electron chi connectivity index (χ1n) is 10.7. The first-order chi connectivity index (χ1) is 16.9. The van der Waals surface area contributed by atoms with Crippen LogP contribution in [0.4, 0.5) is 0 Å². The minimum absolute atomic E-state index is 0.114. The standard InChI is InChI=1S/C22H25NO13/c1-9(25)23-18-13(26)7-22(21(32)33,36-20(18)19(31)14(27)8-24)35-11-2-3-12-10(4-16(28)29)5-17(30)34-15(12)6-11/h2-3,5-6,13-14,18-20,24,26-27,31H,4,7-8H2,1H3,(H,23,25)(H,28,29)(H,32,33)/t13?,14-,18?,19-,20?,22?/m1/s1. The predicted octanol–water partition coefficient (Wildman–Crippen LogP) is -2.05. The number of benzene rings is 1. The van der Waals surface area contributed by atoms with Crippen molar-refractivity contribution in [2.45, 2.75) is 56.0 Å². The Bertz CT molecular complexity index is 1210. The molecule has 0 spiro atoms. The fourth-order valence-electron chi connectivity index (χ4n) is 4.00. The van der Waals surface area contributed by atoms with E-state index >= 15 is 0 Å². The highest BCUT2D eigenvalue weighted by molar-refractivity contribution is 5.85. The number of carboxylic acid groups (broad SMARTS) is 2. The Hall–Kier alpha value is -3.56. The van der Waals surface area contributed by atoms with Gasteiger partial charge in [0.05, 0.1) is 31.6 Å². The average molecular weight is 511 g/mol. The van der Waals surface area contributed by atoms with Crippen molar-refractivity contribution in [1.29, 1.82) is 0 Å². The second-order valence-corrected chi connectivity index (χ2v) is 8.30. The molecule has 1 amide bonds. The fraction of sp³-hybridized carbons (Fsp3) is 0.455. The first kappa shape index (κ1) is 27.0. The highest BCUT2D eigenvalue weighted by Gasteiger charge is 2.56. The van der Waals surface area contributed by atoms with E-state index in [0.717, 1.165) is 19.1 Å². The molecule has 14 nitrogen and oxygen atoms in total. The van der Waals surface area contributed by atoms with Crippen LogP contribution in [-0.2, 0) is 25.5 Å². The van der Waals surface area contributed by atoms with E-state index in [0.29, 0.717) is 0 Å². The summed E-state index contributed by atoms with van der Waals surface area (Å²) >= 11 is 0. The topological polar surface area (TPSA) is 233 Å². The maximum Gasteiger partial charge on any atom is 0.377 e. The Morgan fingerprint density at radius 3 is 2.50 bits per heavy atom. The smallest absolute Gasteiger partial charge is 0.377 e. The van der Waals surface area contributed by atoms with Gasteiger partial charge in [0.2, 0.25) is 5.91 Å². The molecule has 196 valence electrons. The van der Waals surface area contributed by atoms with Crippen molar-refractivity contribution < 1.29 is 58.9 Å². The highest BCUT2D eigenvalue weighted by Crippen LogP contribution is 2.35. The van der Waals surface area contributed by atoms with Crippen LogP contribution in [0, 0.1) is 0 Å². The molecule has 3 rings (SSSR count). The average Bonchev–Trinajstić information content (AvgIpc) is 2.78. The van der Waals surface area contributed by atoms with Crippen LogP contribution >= 0.6 is 0 Å². The Balaban J connectivity index is 2.02. The van der Waals surface area contributed by atoms with Crippen LogP contribution in [0.15, 0.2) is 33.5 Å². The number of aliphatic carboxylic acids is 2. The molecule has 7 N–H and O–H groups in total. The van der Waals surface area contributed by atoms with E-state index in [9.17, 15) is 44.7 Å². The molecule has 36 heavy (non-hydrogen) atoms. The molecule has 6 atom stereocenters. The van der Waals surface area contributed by atoms with Crippen molar-refractivity contribution in [3.63, 3.8) is 0 Å². The van der Waals surface area contributed by atoms with E-state index < -0.39 is 79.2 Å². The number of hydrogen-bond acceptors (Lipinski definition) is 11. The Kier molecular flexibility index (Phi) is 7.96. The molecule has 0 radical (unpaired) electrons. The summed E-state index contributed by atoms with van der Waals surface area (Å²) in [4.78, 5) is 46.9. The summed E-state index contributed by atoms with van der Waals surface area (Å²) in [6, 6.07) is 3.35. The quantitative estimate of drug-likeness (QED) is 0.180. The third-order valence-corrected chi connectivity index (χ3v) is 5.61. The largest absolute Gasteiger partial charge is 0.481 e. The lowest BCUT2D eigenvalue weighted by molar-refractivity contribution is -0.284. The summed E-state index contributed by atoms with van der Waals surface area (Å²) < 4.78 is 16.2. The molecule has 1 aliphatic heterocycles. The molecule has 2 aromatic rings. The van der Waals surface area contributed by atoms with Crippen LogP contribution in [0.25, 0.3) is 11.0 Å². The third kappa shape index (κ3) is 5.63. The van der Waals surface area contributed by atoms with Gasteiger partial charge in [0, 0.05) is 24.4 Å². The SMILES string of the molecule is CC(=O)NC1C(O)CC(Oc2ccc3c(CC(=O)O)cc(=O)oc3c2)(C(=O)O)OC1[C@H](O)[C@H](O)CO. The zero-order chi connectivity index (χ0) is 26.8. The highest BCUT2D eigenvalue weighted by atomic mass is 16.7. The summed E-state index contributed by atoms with van der Waals surface area (Å²) in [6.07, 6.45) is -8.37. The van der Waals surface area contributed by atoms with Crippen molar-refractivity contribution in [2.24, 2.45) is 0 Å². The molecule has 0 bridgehead atoms. The summed E-state index contributed by atoms with van der Waals surface area (Å²) in [7, 11) is 0. The van der Waals surface area contributed by atoms with Crippen LogP contribution in [0.3, 0.4) is 0 Å². The molecular formula is C22H25NO13. The lowest BCUT2D eigenvalue weighted by Crippen LogP contribution is -2.68. The molecule has 1 aromatic heterocycles. The first-order valence-corrected chi connectivity index (χ1v) is 10.7. The van der Waals surface area contributed by atoms with Gasteiger partial charge < -0.3 is 49.8 Å². The van der Waals surface area contributed by atoms with Gasteiger partial charge in [-0.25, -0.2) is 9.59 Å². The van der Waals surface area contributed by atoms with Gasteiger partial charge in [-0.15, -0.1) is 0 Å². The predicted molar refractivity (Wildman–Crippen MR) is 117 cm³/mol. The van der Waals surface area contributed by atoms with Crippen LogP contribution in [0.5, 0.6) is 5.75 Å². The van der Waals surface area contributed by atoms with Gasteiger partial charge in [-0.05, 0) is 17.7 Å². The number of carboxylic acids is 2. The van der Waals surface area contributed by atoms with E-state index in [-0.39, 0.29) is 22.3 Å². The lowest BCUT2D eigenvalue weighted by atomic mass is 9.88. The van der Waals surface area contributed by atoms with E-state index in [1.807, 2.05) is 0 Å². The summed E-state index contributed by atoms with van der Waals surface area (Å²) in [5.74, 6) is -6.45. The van der Waals surface area contributed by atoms with Gasteiger partial charge in [-0.3, -0.25) is 9.59 Å². The second kappa shape index (κ2) is 10.6. The number of hydrogen-bond donors (Lipinski definition) is 7. The van der Waals surface area contributed by atoms with E-state index in [2.05, 4.69) is 5.32 Å². The molecule has 1 aliphatic rings. The maximum atomic E-state index is 12.3. The number of carbonyl (C=O) groups excluding carboxylic acids is 1. The van der Waals surface area contributed by atoms with E-state index in [1.54, 1.807) is 0 Å². The van der Waals surface area contributed by atoms with Crippen LogP contribution in [0.2, 0.25) is 0 Å². The number of fused-ring (bicyclic) bond motifs is 1. The van der Waals surface area contributed by atoms with E-state index in [1.165, 1.54) is 12.1 Å². The normalized spacial score (nSPS) is 25.6. The minimum atomic E-state index is -2.65. The molecule has 2 heterocycles. The summed E-state index contributed by atoms with van der Waals surface area (Å²) in [6.45, 7) is 0.170. The van der Waals surface area contributed by atoms with Crippen molar-refractivity contribution in [3.8, 4) is 5.75 Å². The number of rotatable bonds is 9. The fourth-order valence-corrected chi connectivity index (χ4v) is 4.00. The number of aliphatic hydroxyl groups excluding tert-OH is 4. The van der Waals surface area contributed by atoms with Crippen molar-refractivity contribution >= 4 is 28.8 Å². The maximum absolute atomic E-state index is 12.3. The number of carbonyl (C=O) groups is 3. The third-order valence-electron chi connectivity index (χ3n) is 5.61. The van der Waals surface area contributed by atoms with Crippen LogP contribution in [0.1, 0.15) is 18.9 Å². The Morgan fingerprint density at radius 2 is 1.92 bits per heavy atom. The van der Waals surface area contributed by atoms with Crippen LogP contribution in [-0.4, -0.2) is 91.3 Å². The lowest BCUT2D eigenvalue weighted by Gasteiger charge is -2.46. The Morgan fingerprint density at radius 1 is 1.22 bits per heavy atom. The monoisotopic (exact) mass is 511 g/mol. The number of nitrogens with one attached hydrogen (secondary N) is 1. The zero-order valence-corrected chi connectivity index (χ0v) is 18.9. The van der Waals surface area contributed by atoms with E-state index in [4.69, 9.17) is 19.0 Å². The zero-order valence-electron chi connectivity index (χ0n) is 18.9. The van der Waals surface area contributed by atoms with Crippen LogP contribution < -0.4 is 15.7 Å².